The highest BCUT2D eigenvalue weighted by molar-refractivity contribution is 7.99. The lowest BCUT2D eigenvalue weighted by Gasteiger charge is -2.32. The number of aromatic amines is 1. The normalized spacial score (nSPS) is 15.5. The maximum absolute atomic E-state index is 13.7. The number of esters is 1. The van der Waals surface area contributed by atoms with Crippen LogP contribution in [-0.2, 0) is 9.53 Å². The molecule has 0 spiro atoms. The number of thioether (sulfide) groups is 1. The summed E-state index contributed by atoms with van der Waals surface area (Å²) in [6.07, 6.45) is 3.65. The summed E-state index contributed by atoms with van der Waals surface area (Å²) in [5.74, 6) is -0.357. The molecule has 4 aromatic rings. The Morgan fingerprint density at radius 2 is 1.65 bits per heavy atom. The SMILES string of the molecule is CC(=O)OC(CSc1ncnc2nc[nH]c12)CN1CCCN(C(c2ccc(F)cc2)c2ccc(F)cc2)CC1.O. The second-order valence-electron chi connectivity index (χ2n) is 9.52. The summed E-state index contributed by atoms with van der Waals surface area (Å²) in [4.78, 5) is 32.3. The van der Waals surface area contributed by atoms with Gasteiger partial charge in [-0.15, -0.1) is 11.8 Å². The molecule has 0 amide bonds. The molecule has 1 fully saturated rings. The molecule has 2 aromatic heterocycles. The molecule has 1 aliphatic rings. The van der Waals surface area contributed by atoms with Crippen LogP contribution in [0.2, 0.25) is 0 Å². The summed E-state index contributed by atoms with van der Waals surface area (Å²) < 4.78 is 33.1. The molecule has 1 saturated heterocycles. The monoisotopic (exact) mass is 570 g/mol. The first kappa shape index (κ1) is 29.5. The van der Waals surface area contributed by atoms with E-state index in [1.807, 2.05) is 0 Å². The average Bonchev–Trinajstić information content (AvgIpc) is 3.30. The zero-order valence-corrected chi connectivity index (χ0v) is 22.9. The number of rotatable bonds is 9. The molecule has 1 aliphatic heterocycles. The number of nitrogens with one attached hydrogen (secondary N) is 1. The van der Waals surface area contributed by atoms with Gasteiger partial charge in [0, 0.05) is 38.9 Å². The number of aromatic nitrogens is 4. The summed E-state index contributed by atoms with van der Waals surface area (Å²) in [7, 11) is 0. The van der Waals surface area contributed by atoms with Gasteiger partial charge in [0.25, 0.3) is 0 Å². The number of hydrogen-bond acceptors (Lipinski definition) is 8. The number of hydrogen-bond donors (Lipinski definition) is 1. The van der Waals surface area contributed by atoms with E-state index in [0.29, 0.717) is 17.9 Å². The first-order valence-electron chi connectivity index (χ1n) is 12.9. The molecule has 9 nitrogen and oxygen atoms in total. The van der Waals surface area contributed by atoms with Gasteiger partial charge in [-0.3, -0.25) is 14.6 Å². The lowest BCUT2D eigenvalue weighted by molar-refractivity contribution is -0.146. The summed E-state index contributed by atoms with van der Waals surface area (Å²) in [5.41, 5.74) is 3.28. The Morgan fingerprint density at radius 3 is 2.30 bits per heavy atom. The van der Waals surface area contributed by atoms with Crippen molar-refractivity contribution in [2.75, 3.05) is 38.5 Å². The molecule has 5 rings (SSSR count). The molecule has 0 radical (unpaired) electrons. The van der Waals surface area contributed by atoms with Crippen molar-refractivity contribution in [3.05, 3.63) is 83.9 Å². The van der Waals surface area contributed by atoms with E-state index in [0.717, 1.165) is 54.3 Å². The maximum atomic E-state index is 13.7. The number of nitrogens with zero attached hydrogens (tertiary/aromatic N) is 5. The van der Waals surface area contributed by atoms with E-state index in [4.69, 9.17) is 4.74 Å². The smallest absolute Gasteiger partial charge is 0.302 e. The second kappa shape index (κ2) is 13.8. The predicted octanol–water partition coefficient (Wildman–Crippen LogP) is 3.63. The third kappa shape index (κ3) is 7.39. The average molecular weight is 571 g/mol. The van der Waals surface area contributed by atoms with Gasteiger partial charge in [-0.05, 0) is 48.4 Å². The minimum Gasteiger partial charge on any atom is -0.460 e. The molecular weight excluding hydrogens is 538 g/mol. The highest BCUT2D eigenvalue weighted by Crippen LogP contribution is 2.30. The maximum Gasteiger partial charge on any atom is 0.302 e. The van der Waals surface area contributed by atoms with Gasteiger partial charge in [0.2, 0.25) is 0 Å². The minimum absolute atomic E-state index is 0. The van der Waals surface area contributed by atoms with E-state index in [1.165, 1.54) is 49.3 Å². The van der Waals surface area contributed by atoms with Crippen LogP contribution in [0.1, 0.15) is 30.5 Å². The quantitative estimate of drug-likeness (QED) is 0.184. The van der Waals surface area contributed by atoms with Gasteiger partial charge in [-0.2, -0.15) is 0 Å². The largest absolute Gasteiger partial charge is 0.460 e. The number of carbonyl (C=O) groups excluding carboxylic acids is 1. The van der Waals surface area contributed by atoms with Crippen LogP contribution in [0.5, 0.6) is 0 Å². The lowest BCUT2D eigenvalue weighted by Crippen LogP contribution is -2.39. The molecule has 3 N–H and O–H groups in total. The lowest BCUT2D eigenvalue weighted by atomic mass is 9.96. The third-order valence-corrected chi connectivity index (χ3v) is 7.87. The fourth-order valence-electron chi connectivity index (χ4n) is 5.01. The van der Waals surface area contributed by atoms with Crippen molar-refractivity contribution < 1.29 is 23.8 Å². The van der Waals surface area contributed by atoms with Crippen LogP contribution in [-0.4, -0.2) is 85.8 Å². The van der Waals surface area contributed by atoms with Crippen molar-refractivity contribution >= 4 is 28.9 Å². The Balaban J connectivity index is 0.00000370. The van der Waals surface area contributed by atoms with Crippen molar-refractivity contribution in [3.8, 4) is 0 Å². The van der Waals surface area contributed by atoms with E-state index in [9.17, 15) is 13.6 Å². The Kier molecular flexibility index (Phi) is 10.2. The van der Waals surface area contributed by atoms with Crippen LogP contribution in [0.25, 0.3) is 11.2 Å². The third-order valence-electron chi connectivity index (χ3n) is 6.75. The van der Waals surface area contributed by atoms with Crippen molar-refractivity contribution in [1.82, 2.24) is 29.7 Å². The standard InChI is InChI=1S/C28H30F2N6O2S.H2O/c1-19(37)38-24(16-39-28-25-27(32-17-31-25)33-18-34-28)15-35-11-2-12-36(14-13-35)26(20-3-7-22(29)8-4-20)21-5-9-23(30)10-6-21;/h3-10,17-18,24,26H,2,11-16H2,1H3,(H,31,32,33,34);1H2. The molecule has 0 aliphatic carbocycles. The van der Waals surface area contributed by atoms with E-state index < -0.39 is 0 Å². The Labute approximate surface area is 235 Å². The molecule has 0 saturated carbocycles. The minimum atomic E-state index is -0.322. The molecule has 1 unspecified atom stereocenters. The van der Waals surface area contributed by atoms with Crippen LogP contribution in [0, 0.1) is 11.6 Å². The summed E-state index contributed by atoms with van der Waals surface area (Å²) in [6.45, 7) is 5.20. The van der Waals surface area contributed by atoms with Gasteiger partial charge >= 0.3 is 5.97 Å². The number of fused-ring (bicyclic) bond motifs is 1. The molecule has 40 heavy (non-hydrogen) atoms. The second-order valence-corrected chi connectivity index (χ2v) is 10.5. The molecule has 12 heteroatoms. The number of benzene rings is 2. The molecule has 1 atom stereocenters. The predicted molar refractivity (Wildman–Crippen MR) is 149 cm³/mol. The topological polar surface area (TPSA) is 119 Å². The summed E-state index contributed by atoms with van der Waals surface area (Å²) >= 11 is 1.50. The molecule has 212 valence electrons. The van der Waals surface area contributed by atoms with Crippen molar-refractivity contribution in [2.45, 2.75) is 30.5 Å². The zero-order chi connectivity index (χ0) is 27.2. The number of imidazole rings is 1. The van der Waals surface area contributed by atoms with Crippen molar-refractivity contribution in [1.29, 1.82) is 0 Å². The van der Waals surface area contributed by atoms with Gasteiger partial charge in [0.05, 0.1) is 12.4 Å². The van der Waals surface area contributed by atoms with E-state index in [-0.39, 0.29) is 35.2 Å². The van der Waals surface area contributed by atoms with Crippen molar-refractivity contribution in [2.24, 2.45) is 0 Å². The number of halogens is 2. The van der Waals surface area contributed by atoms with Gasteiger partial charge < -0.3 is 15.2 Å². The van der Waals surface area contributed by atoms with Gasteiger partial charge in [-0.25, -0.2) is 23.7 Å². The summed E-state index contributed by atoms with van der Waals surface area (Å²) in [6, 6.07) is 12.9. The van der Waals surface area contributed by atoms with Gasteiger partial charge in [0.15, 0.2) is 5.65 Å². The highest BCUT2D eigenvalue weighted by Gasteiger charge is 2.27. The van der Waals surface area contributed by atoms with Crippen LogP contribution >= 0.6 is 11.8 Å². The van der Waals surface area contributed by atoms with Crippen LogP contribution < -0.4 is 0 Å². The van der Waals surface area contributed by atoms with Gasteiger partial charge in [0.1, 0.15) is 34.6 Å². The summed E-state index contributed by atoms with van der Waals surface area (Å²) in [5, 5.41) is 0.762. The molecular formula is C28H32F2N6O3S. The molecule has 2 aromatic carbocycles. The fraction of sp³-hybridized carbons (Fsp3) is 0.357. The van der Waals surface area contributed by atoms with Crippen LogP contribution in [0.15, 0.2) is 66.2 Å². The van der Waals surface area contributed by atoms with Crippen LogP contribution in [0.4, 0.5) is 8.78 Å². The molecule has 0 bridgehead atoms. The Hall–Kier alpha value is -3.45. The molecule has 3 heterocycles. The first-order valence-corrected chi connectivity index (χ1v) is 13.9. The van der Waals surface area contributed by atoms with Gasteiger partial charge in [-0.1, -0.05) is 24.3 Å². The number of carbonyl (C=O) groups is 1. The number of ether oxygens (including phenoxy) is 1. The fourth-order valence-corrected chi connectivity index (χ4v) is 5.94. The zero-order valence-electron chi connectivity index (χ0n) is 22.1. The van der Waals surface area contributed by atoms with Crippen LogP contribution in [0.3, 0.4) is 0 Å². The Bertz CT molecular complexity index is 1340. The van der Waals surface area contributed by atoms with Crippen molar-refractivity contribution in [3.63, 3.8) is 0 Å². The van der Waals surface area contributed by atoms with E-state index >= 15 is 0 Å². The van der Waals surface area contributed by atoms with E-state index in [1.54, 1.807) is 30.6 Å². The number of H-pyrrole nitrogens is 1. The Morgan fingerprint density at radius 1 is 0.975 bits per heavy atom. The van der Waals surface area contributed by atoms with E-state index in [2.05, 4.69) is 29.7 Å². The first-order chi connectivity index (χ1) is 19.0. The highest BCUT2D eigenvalue weighted by atomic mass is 32.2.